The van der Waals surface area contributed by atoms with E-state index >= 15 is 0 Å². The van der Waals surface area contributed by atoms with Crippen molar-refractivity contribution in [2.24, 2.45) is 0 Å². The number of carbonyl (C=O) groups excluding carboxylic acids is 1. The highest BCUT2D eigenvalue weighted by Crippen LogP contribution is 2.28. The highest BCUT2D eigenvalue weighted by Gasteiger charge is 2.08. The average Bonchev–Trinajstić information content (AvgIpc) is 2.55. The molecule has 1 aromatic heterocycles. The maximum absolute atomic E-state index is 11.4. The fourth-order valence-corrected chi connectivity index (χ4v) is 2.01. The summed E-state index contributed by atoms with van der Waals surface area (Å²) in [4.78, 5) is 15.5. The summed E-state index contributed by atoms with van der Waals surface area (Å²) < 4.78 is 10.2. The van der Waals surface area contributed by atoms with E-state index in [-0.39, 0.29) is 6.61 Å². The van der Waals surface area contributed by atoms with Crippen molar-refractivity contribution in [1.29, 1.82) is 0 Å². The number of pyridine rings is 1. The van der Waals surface area contributed by atoms with Gasteiger partial charge in [0.25, 0.3) is 0 Å². The van der Waals surface area contributed by atoms with Crippen molar-refractivity contribution in [2.75, 3.05) is 7.11 Å². The smallest absolute Gasteiger partial charge is 0.337 e. The lowest BCUT2D eigenvalue weighted by molar-refractivity contribution is 0.0600. The number of benzene rings is 1. The number of halogens is 2. The second kappa shape index (κ2) is 9.28. The Morgan fingerprint density at radius 1 is 1.18 bits per heavy atom. The molecule has 0 aliphatic heterocycles. The van der Waals surface area contributed by atoms with E-state index in [1.54, 1.807) is 30.3 Å². The van der Waals surface area contributed by atoms with Crippen molar-refractivity contribution < 1.29 is 14.3 Å². The number of esters is 1. The lowest BCUT2D eigenvalue weighted by Gasteiger charge is -2.08. The Balaban J connectivity index is 0.00000116. The molecule has 118 valence electrons. The summed E-state index contributed by atoms with van der Waals surface area (Å²) in [6.07, 6.45) is 1.52. The molecule has 4 nitrogen and oxygen atoms in total. The Labute approximate surface area is 140 Å². The molecule has 0 amide bonds. The standard InChI is InChI=1S/C14H11Cl2NO3.C2H6/c1-19-14(18)9-4-5-17-11(6-9)8-20-13-3-2-10(15)7-12(13)16;1-2/h2-7H,8H2,1H3;1-2H3. The van der Waals surface area contributed by atoms with E-state index in [2.05, 4.69) is 9.72 Å². The minimum atomic E-state index is -0.418. The molecule has 0 aliphatic rings. The molecule has 0 atom stereocenters. The molecule has 0 unspecified atom stereocenters. The van der Waals surface area contributed by atoms with E-state index in [1.165, 1.54) is 13.3 Å². The molecule has 0 fully saturated rings. The van der Waals surface area contributed by atoms with Crippen molar-refractivity contribution in [3.8, 4) is 5.75 Å². The van der Waals surface area contributed by atoms with Gasteiger partial charge in [0.1, 0.15) is 12.4 Å². The predicted octanol–water partition coefficient (Wildman–Crippen LogP) is 4.78. The van der Waals surface area contributed by atoms with Crippen LogP contribution in [0.1, 0.15) is 29.9 Å². The van der Waals surface area contributed by atoms with Crippen molar-refractivity contribution in [3.05, 3.63) is 57.8 Å². The number of hydrogen-bond donors (Lipinski definition) is 0. The van der Waals surface area contributed by atoms with Crippen molar-refractivity contribution in [1.82, 2.24) is 4.98 Å². The number of aromatic nitrogens is 1. The Bertz CT molecular complexity index is 633. The first kappa shape index (κ1) is 18.3. The van der Waals surface area contributed by atoms with Crippen LogP contribution >= 0.6 is 23.2 Å². The number of hydrogen-bond acceptors (Lipinski definition) is 4. The third kappa shape index (κ3) is 5.20. The molecule has 6 heteroatoms. The third-order valence-corrected chi connectivity index (χ3v) is 3.04. The van der Waals surface area contributed by atoms with Crippen LogP contribution in [0.3, 0.4) is 0 Å². The molecule has 1 heterocycles. The summed E-state index contributed by atoms with van der Waals surface area (Å²) >= 11 is 11.8. The number of rotatable bonds is 4. The summed E-state index contributed by atoms with van der Waals surface area (Å²) in [6, 6.07) is 8.13. The van der Waals surface area contributed by atoms with E-state index in [9.17, 15) is 4.79 Å². The second-order valence-corrected chi connectivity index (χ2v) is 4.73. The van der Waals surface area contributed by atoms with E-state index in [1.807, 2.05) is 13.8 Å². The topological polar surface area (TPSA) is 48.4 Å². The van der Waals surface area contributed by atoms with Gasteiger partial charge in [-0.05, 0) is 30.3 Å². The van der Waals surface area contributed by atoms with Crippen molar-refractivity contribution >= 4 is 29.2 Å². The first-order valence-corrected chi connectivity index (χ1v) is 7.47. The fourth-order valence-electron chi connectivity index (χ4n) is 1.55. The van der Waals surface area contributed by atoms with Gasteiger partial charge in [0.2, 0.25) is 0 Å². The van der Waals surface area contributed by atoms with Crippen LogP contribution in [0.5, 0.6) is 5.75 Å². The molecule has 0 aliphatic carbocycles. The van der Waals surface area contributed by atoms with E-state index < -0.39 is 5.97 Å². The van der Waals surface area contributed by atoms with Gasteiger partial charge in [0.15, 0.2) is 0 Å². The minimum absolute atomic E-state index is 0.187. The molecule has 0 saturated carbocycles. The molecule has 0 spiro atoms. The van der Waals surface area contributed by atoms with Crippen LogP contribution in [0.2, 0.25) is 10.0 Å². The van der Waals surface area contributed by atoms with Gasteiger partial charge in [0, 0.05) is 11.2 Å². The first-order valence-electron chi connectivity index (χ1n) is 6.71. The zero-order valence-electron chi connectivity index (χ0n) is 12.6. The zero-order chi connectivity index (χ0) is 16.5. The quantitative estimate of drug-likeness (QED) is 0.750. The molecule has 0 radical (unpaired) electrons. The van der Waals surface area contributed by atoms with Gasteiger partial charge in [-0.2, -0.15) is 0 Å². The fraction of sp³-hybridized carbons (Fsp3) is 0.250. The highest BCUT2D eigenvalue weighted by atomic mass is 35.5. The van der Waals surface area contributed by atoms with Gasteiger partial charge < -0.3 is 9.47 Å². The highest BCUT2D eigenvalue weighted by molar-refractivity contribution is 6.35. The molecule has 1 aromatic carbocycles. The van der Waals surface area contributed by atoms with Crippen LogP contribution in [-0.4, -0.2) is 18.1 Å². The van der Waals surface area contributed by atoms with Crippen molar-refractivity contribution in [2.45, 2.75) is 20.5 Å². The van der Waals surface area contributed by atoms with Gasteiger partial charge in [-0.1, -0.05) is 37.0 Å². The summed E-state index contributed by atoms with van der Waals surface area (Å²) in [5.74, 6) is 0.0829. The summed E-state index contributed by atoms with van der Waals surface area (Å²) in [7, 11) is 1.33. The van der Waals surface area contributed by atoms with Crippen LogP contribution in [-0.2, 0) is 11.3 Å². The first-order chi connectivity index (χ1) is 10.6. The van der Waals surface area contributed by atoms with Gasteiger partial charge in [0.05, 0.1) is 23.4 Å². The minimum Gasteiger partial charge on any atom is -0.486 e. The lowest BCUT2D eigenvalue weighted by Crippen LogP contribution is -2.05. The summed E-state index contributed by atoms with van der Waals surface area (Å²) in [5, 5.41) is 0.954. The summed E-state index contributed by atoms with van der Waals surface area (Å²) in [5.41, 5.74) is 1.02. The summed E-state index contributed by atoms with van der Waals surface area (Å²) in [6.45, 7) is 4.19. The maximum atomic E-state index is 11.4. The normalized spacial score (nSPS) is 9.50. The lowest BCUT2D eigenvalue weighted by atomic mass is 10.2. The number of ether oxygens (including phenoxy) is 2. The van der Waals surface area contributed by atoms with Crippen LogP contribution in [0.25, 0.3) is 0 Å². The van der Waals surface area contributed by atoms with Crippen LogP contribution in [0.15, 0.2) is 36.5 Å². The second-order valence-electron chi connectivity index (χ2n) is 3.89. The molecular weight excluding hydrogens is 325 g/mol. The molecule has 0 bridgehead atoms. The number of carbonyl (C=O) groups is 1. The molecular formula is C16H17Cl2NO3. The van der Waals surface area contributed by atoms with E-state index in [4.69, 9.17) is 27.9 Å². The molecule has 2 aromatic rings. The van der Waals surface area contributed by atoms with Gasteiger partial charge in [-0.3, -0.25) is 4.98 Å². The van der Waals surface area contributed by atoms with E-state index in [0.717, 1.165) is 0 Å². The van der Waals surface area contributed by atoms with Crippen LogP contribution < -0.4 is 4.74 Å². The maximum Gasteiger partial charge on any atom is 0.337 e. The molecule has 22 heavy (non-hydrogen) atoms. The molecule has 0 N–H and O–H groups in total. The molecule has 0 saturated heterocycles. The van der Waals surface area contributed by atoms with Gasteiger partial charge in [-0.25, -0.2) is 4.79 Å². The Kier molecular flexibility index (Phi) is 7.71. The van der Waals surface area contributed by atoms with Gasteiger partial charge >= 0.3 is 5.97 Å². The average molecular weight is 342 g/mol. The van der Waals surface area contributed by atoms with Crippen LogP contribution in [0.4, 0.5) is 0 Å². The Morgan fingerprint density at radius 2 is 1.91 bits per heavy atom. The largest absolute Gasteiger partial charge is 0.486 e. The Hall–Kier alpha value is -1.78. The third-order valence-electron chi connectivity index (χ3n) is 2.51. The van der Waals surface area contributed by atoms with Gasteiger partial charge in [-0.15, -0.1) is 0 Å². The molecule has 2 rings (SSSR count). The monoisotopic (exact) mass is 341 g/mol. The van der Waals surface area contributed by atoms with Crippen molar-refractivity contribution in [3.63, 3.8) is 0 Å². The van der Waals surface area contributed by atoms with Crippen LogP contribution in [0, 0.1) is 0 Å². The predicted molar refractivity (Wildman–Crippen MR) is 87.7 cm³/mol. The number of nitrogens with zero attached hydrogens (tertiary/aromatic N) is 1. The SMILES string of the molecule is CC.COC(=O)c1ccnc(COc2ccc(Cl)cc2Cl)c1. The Morgan fingerprint density at radius 3 is 2.55 bits per heavy atom. The number of methoxy groups -OCH3 is 1. The van der Waals surface area contributed by atoms with E-state index in [0.29, 0.717) is 27.1 Å². The zero-order valence-corrected chi connectivity index (χ0v) is 14.1.